The highest BCUT2D eigenvalue weighted by Gasteiger charge is 2.21. The maximum Gasteiger partial charge on any atom is 0.220 e. The smallest absolute Gasteiger partial charge is 0.220 e. The van der Waals surface area contributed by atoms with Gasteiger partial charge in [-0.2, -0.15) is 0 Å². The summed E-state index contributed by atoms with van der Waals surface area (Å²) in [6.07, 6.45) is 6.53. The van der Waals surface area contributed by atoms with E-state index in [0.29, 0.717) is 37.7 Å². The van der Waals surface area contributed by atoms with Crippen molar-refractivity contribution in [2.24, 2.45) is 5.92 Å². The Balaban J connectivity index is 1.21. The van der Waals surface area contributed by atoms with E-state index in [4.69, 9.17) is 16.3 Å². The fourth-order valence-electron chi connectivity index (χ4n) is 4.56. The number of ether oxygens (including phenoxy) is 1. The molecule has 1 aliphatic rings. The van der Waals surface area contributed by atoms with Gasteiger partial charge in [-0.3, -0.25) is 9.69 Å². The molecule has 4 rings (SSSR count). The van der Waals surface area contributed by atoms with Crippen molar-refractivity contribution in [3.05, 3.63) is 76.6 Å². The molecule has 6 nitrogen and oxygen atoms in total. The van der Waals surface area contributed by atoms with Gasteiger partial charge in [-0.1, -0.05) is 29.8 Å². The van der Waals surface area contributed by atoms with Crippen molar-refractivity contribution in [2.75, 3.05) is 26.7 Å². The normalized spacial score (nSPS) is 16.1. The first-order valence-electron chi connectivity index (χ1n) is 12.3. The van der Waals surface area contributed by atoms with Gasteiger partial charge in [-0.05, 0) is 67.1 Å². The van der Waals surface area contributed by atoms with E-state index >= 15 is 0 Å². The Hall–Kier alpha value is -3.03. The number of aromatic nitrogens is 2. The Bertz CT molecular complexity index is 1190. The maximum absolute atomic E-state index is 13.7. The average Bonchev–Trinajstić information content (AvgIpc) is 2.89. The molecule has 0 spiro atoms. The molecule has 1 aliphatic heterocycles. The number of nitrogens with zero attached hydrogens (tertiary/aromatic N) is 3. The second-order valence-electron chi connectivity index (χ2n) is 9.37. The quantitative estimate of drug-likeness (QED) is 0.428. The van der Waals surface area contributed by atoms with Crippen LogP contribution in [0.4, 0.5) is 4.39 Å². The Morgan fingerprint density at radius 2 is 2.00 bits per heavy atom. The van der Waals surface area contributed by atoms with Crippen molar-refractivity contribution in [1.82, 2.24) is 20.2 Å². The summed E-state index contributed by atoms with van der Waals surface area (Å²) in [6.45, 7) is 5.16. The first-order chi connectivity index (χ1) is 17.4. The van der Waals surface area contributed by atoms with Crippen molar-refractivity contribution in [1.29, 1.82) is 0 Å². The monoisotopic (exact) mass is 510 g/mol. The van der Waals surface area contributed by atoms with Crippen molar-refractivity contribution < 1.29 is 13.9 Å². The van der Waals surface area contributed by atoms with Crippen LogP contribution in [0.2, 0.25) is 5.02 Å². The molecule has 1 aromatic heterocycles. The number of hydrogen-bond acceptors (Lipinski definition) is 5. The number of carbonyl (C=O) groups excluding carboxylic acids is 1. The van der Waals surface area contributed by atoms with E-state index in [1.165, 1.54) is 6.07 Å². The van der Waals surface area contributed by atoms with Crippen LogP contribution in [0.5, 0.6) is 5.75 Å². The number of nitrogens with one attached hydrogen (secondary N) is 1. The number of rotatable bonds is 9. The number of likely N-dealkylation sites (tertiary alicyclic amines) is 1. The van der Waals surface area contributed by atoms with Gasteiger partial charge in [0.15, 0.2) is 0 Å². The van der Waals surface area contributed by atoms with Crippen molar-refractivity contribution >= 4 is 17.5 Å². The number of benzene rings is 2. The van der Waals surface area contributed by atoms with Gasteiger partial charge in [-0.15, -0.1) is 0 Å². The molecule has 8 heteroatoms. The molecule has 0 bridgehead atoms. The summed E-state index contributed by atoms with van der Waals surface area (Å²) in [4.78, 5) is 23.6. The zero-order valence-corrected chi connectivity index (χ0v) is 21.5. The summed E-state index contributed by atoms with van der Waals surface area (Å²) in [5, 5.41) is 3.21. The van der Waals surface area contributed by atoms with E-state index in [0.717, 1.165) is 53.9 Å². The molecule has 1 unspecified atom stereocenters. The minimum absolute atomic E-state index is 0.00263. The van der Waals surface area contributed by atoms with Crippen LogP contribution >= 0.6 is 11.6 Å². The van der Waals surface area contributed by atoms with Crippen LogP contribution in [-0.2, 0) is 17.8 Å². The minimum Gasteiger partial charge on any atom is -0.496 e. The van der Waals surface area contributed by atoms with Gasteiger partial charge in [0.05, 0.1) is 12.1 Å². The van der Waals surface area contributed by atoms with Gasteiger partial charge in [0, 0.05) is 50.4 Å². The molecule has 1 N–H and O–H groups in total. The molecule has 1 amide bonds. The third-order valence-electron chi connectivity index (χ3n) is 6.60. The van der Waals surface area contributed by atoms with Gasteiger partial charge in [0.1, 0.15) is 17.4 Å². The molecule has 1 fully saturated rings. The van der Waals surface area contributed by atoms with Gasteiger partial charge in [-0.25, -0.2) is 14.4 Å². The number of hydrogen-bond donors (Lipinski definition) is 1. The molecule has 0 radical (unpaired) electrons. The number of aryl methyl sites for hydroxylation is 2. The van der Waals surface area contributed by atoms with Crippen molar-refractivity contribution in [3.63, 3.8) is 0 Å². The fraction of sp³-hybridized carbons (Fsp3) is 0.393. The third kappa shape index (κ3) is 7.02. The lowest BCUT2D eigenvalue weighted by molar-refractivity contribution is -0.121. The Kier molecular flexibility index (Phi) is 8.88. The predicted octanol–water partition coefficient (Wildman–Crippen LogP) is 5.21. The van der Waals surface area contributed by atoms with E-state index in [-0.39, 0.29) is 16.7 Å². The lowest BCUT2D eigenvalue weighted by Gasteiger charge is -2.32. The molecule has 3 aromatic rings. The number of carbonyl (C=O) groups is 1. The van der Waals surface area contributed by atoms with E-state index < -0.39 is 0 Å². The van der Waals surface area contributed by atoms with Crippen LogP contribution in [0.15, 0.2) is 48.8 Å². The molecule has 2 aromatic carbocycles. The molecule has 1 atom stereocenters. The van der Waals surface area contributed by atoms with Crippen molar-refractivity contribution in [2.45, 2.75) is 39.2 Å². The van der Waals surface area contributed by atoms with Crippen molar-refractivity contribution in [3.8, 4) is 16.9 Å². The summed E-state index contributed by atoms with van der Waals surface area (Å²) in [5.74, 6) is 1.47. The zero-order valence-electron chi connectivity index (χ0n) is 20.8. The van der Waals surface area contributed by atoms with Crippen LogP contribution in [0.1, 0.15) is 36.2 Å². The molecular weight excluding hydrogens is 479 g/mol. The zero-order chi connectivity index (χ0) is 25.5. The highest BCUT2D eigenvalue weighted by atomic mass is 35.5. The standard InChI is InChI=1S/C28H32ClFN4O2/c1-19-5-7-22(13-26(19)36-2)23-15-31-27(32-16-23)9-10-28(35)33-14-21-4-3-11-34(18-21)17-20-6-8-24(29)25(30)12-20/h5-8,12-13,15-16,21H,3-4,9-11,14,17-18H2,1-2H3,(H,33,35). The van der Waals surface area contributed by atoms with E-state index in [2.05, 4.69) is 20.2 Å². The lowest BCUT2D eigenvalue weighted by atomic mass is 9.97. The number of methoxy groups -OCH3 is 1. The largest absolute Gasteiger partial charge is 0.496 e. The van der Waals surface area contributed by atoms with Gasteiger partial charge < -0.3 is 10.1 Å². The van der Waals surface area contributed by atoms with Crippen LogP contribution in [0.25, 0.3) is 11.1 Å². The minimum atomic E-state index is -0.385. The van der Waals surface area contributed by atoms with Crippen LogP contribution in [0, 0.1) is 18.7 Å². The second-order valence-corrected chi connectivity index (χ2v) is 9.78. The SMILES string of the molecule is COc1cc(-c2cnc(CCC(=O)NCC3CCCN(Cc4ccc(Cl)c(F)c4)C3)nc2)ccc1C. The Morgan fingerprint density at radius 1 is 1.19 bits per heavy atom. The summed E-state index contributed by atoms with van der Waals surface area (Å²) in [7, 11) is 1.66. The first kappa shape index (κ1) is 26.0. The molecule has 0 saturated carbocycles. The Morgan fingerprint density at radius 3 is 2.75 bits per heavy atom. The van der Waals surface area contributed by atoms with Gasteiger partial charge in [0.25, 0.3) is 0 Å². The lowest BCUT2D eigenvalue weighted by Crippen LogP contribution is -2.40. The fourth-order valence-corrected chi connectivity index (χ4v) is 4.68. The Labute approximate surface area is 216 Å². The summed E-state index contributed by atoms with van der Waals surface area (Å²) >= 11 is 5.79. The molecule has 36 heavy (non-hydrogen) atoms. The van der Waals surface area contributed by atoms with Crippen LogP contribution in [-0.4, -0.2) is 47.5 Å². The van der Waals surface area contributed by atoms with Crippen LogP contribution in [0.3, 0.4) is 0 Å². The van der Waals surface area contributed by atoms with E-state index in [1.807, 2.05) is 31.2 Å². The van der Waals surface area contributed by atoms with Gasteiger partial charge >= 0.3 is 0 Å². The first-order valence-corrected chi connectivity index (χ1v) is 12.7. The van der Waals surface area contributed by atoms with E-state index in [9.17, 15) is 9.18 Å². The third-order valence-corrected chi connectivity index (χ3v) is 6.91. The molecule has 190 valence electrons. The van der Waals surface area contributed by atoms with E-state index in [1.54, 1.807) is 25.6 Å². The molecule has 1 saturated heterocycles. The summed E-state index contributed by atoms with van der Waals surface area (Å²) in [5.41, 5.74) is 3.88. The molecule has 2 heterocycles. The highest BCUT2D eigenvalue weighted by Crippen LogP contribution is 2.26. The predicted molar refractivity (Wildman–Crippen MR) is 139 cm³/mol. The molecular formula is C28H32ClFN4O2. The summed E-state index contributed by atoms with van der Waals surface area (Å²) in [6, 6.07) is 11.0. The summed E-state index contributed by atoms with van der Waals surface area (Å²) < 4.78 is 19.1. The molecule has 0 aliphatic carbocycles. The second kappa shape index (κ2) is 12.3. The topological polar surface area (TPSA) is 67.3 Å². The van der Waals surface area contributed by atoms with Crippen LogP contribution < -0.4 is 10.1 Å². The number of piperidine rings is 1. The maximum atomic E-state index is 13.7. The van der Waals surface area contributed by atoms with Gasteiger partial charge in [0.2, 0.25) is 5.91 Å². The highest BCUT2D eigenvalue weighted by molar-refractivity contribution is 6.30. The average molecular weight is 511 g/mol. The number of amides is 1. The number of halogens is 2.